The van der Waals surface area contributed by atoms with Crippen molar-refractivity contribution in [3.63, 3.8) is 0 Å². The van der Waals surface area contributed by atoms with E-state index in [1.54, 1.807) is 31.2 Å². The summed E-state index contributed by atoms with van der Waals surface area (Å²) in [6, 6.07) is 6.91. The van der Waals surface area contributed by atoms with Crippen LogP contribution in [0.3, 0.4) is 0 Å². The first kappa shape index (κ1) is 13.9. The number of amides is 1. The third-order valence-corrected chi connectivity index (χ3v) is 4.96. The number of rotatable bonds is 5. The summed E-state index contributed by atoms with van der Waals surface area (Å²) in [5, 5.41) is 2.89. The van der Waals surface area contributed by atoms with Gasteiger partial charge in [0.2, 0.25) is 10.0 Å². The Morgan fingerprint density at radius 3 is 2.37 bits per heavy atom. The first-order valence-electron chi connectivity index (χ1n) is 6.31. The van der Waals surface area contributed by atoms with E-state index >= 15 is 0 Å². The van der Waals surface area contributed by atoms with Crippen molar-refractivity contribution in [1.29, 1.82) is 0 Å². The van der Waals surface area contributed by atoms with Gasteiger partial charge in [0, 0.05) is 18.7 Å². The summed E-state index contributed by atoms with van der Waals surface area (Å²) in [4.78, 5) is 11.8. The Morgan fingerprint density at radius 1 is 1.32 bits per heavy atom. The zero-order valence-electron chi connectivity index (χ0n) is 11.1. The van der Waals surface area contributed by atoms with Gasteiger partial charge in [0.05, 0.1) is 11.4 Å². The molecule has 0 spiro atoms. The largest absolute Gasteiger partial charge is 0.349 e. The Balaban J connectivity index is 2.11. The first-order chi connectivity index (χ1) is 8.94. The van der Waals surface area contributed by atoms with Crippen LogP contribution in [0.5, 0.6) is 0 Å². The fourth-order valence-corrected chi connectivity index (χ4v) is 2.50. The number of hydrogen-bond donors (Lipinski definition) is 1. The van der Waals surface area contributed by atoms with E-state index in [0.29, 0.717) is 17.3 Å². The average Bonchev–Trinajstić information content (AvgIpc) is 3.22. The molecule has 104 valence electrons. The van der Waals surface area contributed by atoms with Gasteiger partial charge >= 0.3 is 0 Å². The quantitative estimate of drug-likeness (QED) is 0.887. The summed E-state index contributed by atoms with van der Waals surface area (Å²) in [5.41, 5.74) is 1.11. The maximum Gasteiger partial charge on any atom is 0.251 e. The van der Waals surface area contributed by atoms with Gasteiger partial charge < -0.3 is 5.32 Å². The van der Waals surface area contributed by atoms with Gasteiger partial charge in [-0.15, -0.1) is 0 Å². The highest BCUT2D eigenvalue weighted by molar-refractivity contribution is 7.92. The summed E-state index contributed by atoms with van der Waals surface area (Å²) in [6.07, 6.45) is 2.09. The SMILES string of the molecule is CCS(=O)(=O)N(C)c1ccc(C(=O)NC2CC2)cc1. The highest BCUT2D eigenvalue weighted by Crippen LogP contribution is 2.21. The summed E-state index contributed by atoms with van der Waals surface area (Å²) in [5.74, 6) is -0.0528. The highest BCUT2D eigenvalue weighted by atomic mass is 32.2. The van der Waals surface area contributed by atoms with Crippen LogP contribution in [-0.4, -0.2) is 33.2 Å². The van der Waals surface area contributed by atoms with Gasteiger partial charge in [-0.2, -0.15) is 0 Å². The molecule has 1 aromatic rings. The number of nitrogens with one attached hydrogen (secondary N) is 1. The molecule has 19 heavy (non-hydrogen) atoms. The Labute approximate surface area is 113 Å². The van der Waals surface area contributed by atoms with E-state index in [1.807, 2.05) is 0 Å². The van der Waals surface area contributed by atoms with Crippen LogP contribution in [-0.2, 0) is 10.0 Å². The molecule has 0 aliphatic heterocycles. The fourth-order valence-electron chi connectivity index (χ4n) is 1.67. The first-order valence-corrected chi connectivity index (χ1v) is 7.92. The van der Waals surface area contributed by atoms with Crippen LogP contribution in [0.2, 0.25) is 0 Å². The summed E-state index contributed by atoms with van der Waals surface area (Å²) >= 11 is 0. The maximum atomic E-state index is 11.8. The van der Waals surface area contributed by atoms with Crippen molar-refractivity contribution in [2.75, 3.05) is 17.1 Å². The molecule has 0 unspecified atom stereocenters. The van der Waals surface area contributed by atoms with E-state index in [4.69, 9.17) is 0 Å². The number of nitrogens with zero attached hydrogens (tertiary/aromatic N) is 1. The van der Waals surface area contributed by atoms with Crippen molar-refractivity contribution in [3.8, 4) is 0 Å². The molecule has 1 aromatic carbocycles. The lowest BCUT2D eigenvalue weighted by Crippen LogP contribution is -2.28. The van der Waals surface area contributed by atoms with Crippen molar-refractivity contribution >= 4 is 21.6 Å². The summed E-state index contributed by atoms with van der Waals surface area (Å²) < 4.78 is 24.7. The lowest BCUT2D eigenvalue weighted by molar-refractivity contribution is 0.0951. The number of anilines is 1. The van der Waals surface area contributed by atoms with Gasteiger partial charge in [0.25, 0.3) is 5.91 Å². The van der Waals surface area contributed by atoms with E-state index < -0.39 is 10.0 Å². The topological polar surface area (TPSA) is 66.5 Å². The predicted molar refractivity (Wildman–Crippen MR) is 74.8 cm³/mol. The number of sulfonamides is 1. The second-order valence-corrected chi connectivity index (χ2v) is 6.95. The highest BCUT2D eigenvalue weighted by Gasteiger charge is 2.24. The minimum Gasteiger partial charge on any atom is -0.349 e. The van der Waals surface area contributed by atoms with Crippen molar-refractivity contribution in [2.45, 2.75) is 25.8 Å². The predicted octanol–water partition coefficient (Wildman–Crippen LogP) is 1.36. The molecule has 6 heteroatoms. The summed E-state index contributed by atoms with van der Waals surface area (Å²) in [7, 11) is -1.75. The second-order valence-electron chi connectivity index (χ2n) is 4.66. The van der Waals surface area contributed by atoms with E-state index in [0.717, 1.165) is 12.8 Å². The molecule has 2 rings (SSSR count). The number of carbonyl (C=O) groups excluding carboxylic acids is 1. The summed E-state index contributed by atoms with van der Waals surface area (Å²) in [6.45, 7) is 1.60. The van der Waals surface area contributed by atoms with E-state index in [1.165, 1.54) is 11.4 Å². The van der Waals surface area contributed by atoms with E-state index in [-0.39, 0.29) is 11.7 Å². The molecule has 0 aromatic heterocycles. The molecular weight excluding hydrogens is 264 g/mol. The molecule has 0 bridgehead atoms. The maximum absolute atomic E-state index is 11.8. The van der Waals surface area contributed by atoms with Gasteiger partial charge in [0.15, 0.2) is 0 Å². The molecule has 5 nitrogen and oxygen atoms in total. The van der Waals surface area contributed by atoms with Crippen molar-refractivity contribution in [2.24, 2.45) is 0 Å². The van der Waals surface area contributed by atoms with Crippen LogP contribution < -0.4 is 9.62 Å². The van der Waals surface area contributed by atoms with Crippen LogP contribution in [0.4, 0.5) is 5.69 Å². The van der Waals surface area contributed by atoms with Crippen molar-refractivity contribution < 1.29 is 13.2 Å². The molecule has 0 radical (unpaired) electrons. The Kier molecular flexibility index (Phi) is 3.80. The molecule has 0 saturated heterocycles. The van der Waals surface area contributed by atoms with E-state index in [2.05, 4.69) is 5.32 Å². The van der Waals surface area contributed by atoms with E-state index in [9.17, 15) is 13.2 Å². The van der Waals surface area contributed by atoms with Crippen molar-refractivity contribution in [3.05, 3.63) is 29.8 Å². The number of benzene rings is 1. The van der Waals surface area contributed by atoms with Crippen LogP contribution in [0.1, 0.15) is 30.1 Å². The molecule has 0 heterocycles. The average molecular weight is 282 g/mol. The van der Waals surface area contributed by atoms with Crippen LogP contribution >= 0.6 is 0 Å². The lowest BCUT2D eigenvalue weighted by atomic mass is 10.2. The smallest absolute Gasteiger partial charge is 0.251 e. The molecule has 1 fully saturated rings. The third-order valence-electron chi connectivity index (χ3n) is 3.19. The minimum absolute atomic E-state index is 0.0490. The Morgan fingerprint density at radius 2 is 1.89 bits per heavy atom. The van der Waals surface area contributed by atoms with Gasteiger partial charge in [-0.25, -0.2) is 8.42 Å². The van der Waals surface area contributed by atoms with Gasteiger partial charge in [-0.3, -0.25) is 9.10 Å². The normalized spacial score (nSPS) is 15.1. The second kappa shape index (κ2) is 5.21. The van der Waals surface area contributed by atoms with Gasteiger partial charge in [-0.05, 0) is 44.0 Å². The Bertz CT molecular complexity index is 562. The molecule has 0 atom stereocenters. The zero-order chi connectivity index (χ0) is 14.0. The van der Waals surface area contributed by atoms with Crippen LogP contribution in [0.25, 0.3) is 0 Å². The molecule has 1 aliphatic rings. The van der Waals surface area contributed by atoms with Gasteiger partial charge in [-0.1, -0.05) is 0 Å². The van der Waals surface area contributed by atoms with Gasteiger partial charge in [0.1, 0.15) is 0 Å². The zero-order valence-corrected chi connectivity index (χ0v) is 11.9. The lowest BCUT2D eigenvalue weighted by Gasteiger charge is -2.18. The monoisotopic (exact) mass is 282 g/mol. The third kappa shape index (κ3) is 3.26. The van der Waals surface area contributed by atoms with Crippen molar-refractivity contribution in [1.82, 2.24) is 5.32 Å². The van der Waals surface area contributed by atoms with Crippen LogP contribution in [0.15, 0.2) is 24.3 Å². The molecule has 1 amide bonds. The Hall–Kier alpha value is -1.56. The van der Waals surface area contributed by atoms with Crippen LogP contribution in [0, 0.1) is 0 Å². The molecular formula is C13H18N2O3S. The molecule has 1 saturated carbocycles. The number of hydrogen-bond acceptors (Lipinski definition) is 3. The molecule has 1 N–H and O–H groups in total. The minimum atomic E-state index is -3.26. The number of carbonyl (C=O) groups is 1. The standard InChI is InChI=1S/C13H18N2O3S/c1-3-19(17,18)15(2)12-8-4-10(5-9-12)13(16)14-11-6-7-11/h4-5,8-9,11H,3,6-7H2,1-2H3,(H,14,16). The fraction of sp³-hybridized carbons (Fsp3) is 0.462. The molecule has 1 aliphatic carbocycles.